The molecule has 2 aromatic carbocycles. The molecule has 17 nitrogen and oxygen atoms in total. The standard InChI is InChI=1S/C26H26FN7O10P2/c27-18-10-16(15-4-2-1-3-5-15)6-7-17(18)11-32-14-34(23-20(32)24(37)31-26(28)30-23)25-22(36)21(35)19(43-25)12-42-46(40,41)44-45(38,39)33-9-8-29-13-33/h1-10,13-14,19,21-22,25,35-36H,11-12H2,(H4-,28,30,31,37,38,39,40,41)/p+1/t19?,21-,22-,25?/m0/s1. The Balaban J connectivity index is 1.25. The Labute approximate surface area is 258 Å². The highest BCUT2D eigenvalue weighted by Gasteiger charge is 2.49. The van der Waals surface area contributed by atoms with E-state index in [0.29, 0.717) is 9.90 Å². The second-order valence-corrected chi connectivity index (χ2v) is 13.6. The molecule has 4 heterocycles. The van der Waals surface area contributed by atoms with E-state index in [1.807, 2.05) is 30.3 Å². The van der Waals surface area contributed by atoms with E-state index in [1.165, 1.54) is 21.5 Å². The molecule has 242 valence electrons. The Hall–Kier alpha value is -4.09. The van der Waals surface area contributed by atoms with Gasteiger partial charge in [-0.25, -0.2) is 27.4 Å². The fourth-order valence-corrected chi connectivity index (χ4v) is 7.37. The van der Waals surface area contributed by atoms with Gasteiger partial charge in [0.15, 0.2) is 0 Å². The summed E-state index contributed by atoms with van der Waals surface area (Å²) in [5.41, 5.74) is 6.63. The second-order valence-electron chi connectivity index (χ2n) is 10.3. The van der Waals surface area contributed by atoms with Crippen LogP contribution < -0.4 is 15.9 Å². The Kier molecular flexibility index (Phi) is 8.49. The van der Waals surface area contributed by atoms with Gasteiger partial charge in [-0.1, -0.05) is 42.5 Å². The number of ether oxygens (including phenoxy) is 1. The van der Waals surface area contributed by atoms with Crippen molar-refractivity contribution < 1.29 is 51.7 Å². The number of imidazole rings is 2. The highest BCUT2D eigenvalue weighted by atomic mass is 31.3. The minimum atomic E-state index is -5.22. The summed E-state index contributed by atoms with van der Waals surface area (Å²) in [7, 11) is -10.1. The third-order valence-corrected chi connectivity index (χ3v) is 10.2. The van der Waals surface area contributed by atoms with E-state index >= 15 is 4.39 Å². The van der Waals surface area contributed by atoms with E-state index in [9.17, 15) is 33.9 Å². The number of aliphatic hydroxyl groups is 2. The molecule has 7 N–H and O–H groups in total. The highest BCUT2D eigenvalue weighted by molar-refractivity contribution is 7.63. The summed E-state index contributed by atoms with van der Waals surface area (Å²) in [5, 5.41) is 21.6. The number of aliphatic hydroxyl groups excluding tert-OH is 2. The van der Waals surface area contributed by atoms with E-state index in [4.69, 9.17) is 15.0 Å². The van der Waals surface area contributed by atoms with Crippen LogP contribution in [0.1, 0.15) is 11.8 Å². The van der Waals surface area contributed by atoms with Crippen molar-refractivity contribution in [2.75, 3.05) is 12.3 Å². The highest BCUT2D eigenvalue weighted by Crippen LogP contribution is 2.60. The molecule has 1 aliphatic heterocycles. The molecule has 0 bridgehead atoms. The molecular weight excluding hydrogens is 651 g/mol. The van der Waals surface area contributed by atoms with E-state index in [-0.39, 0.29) is 29.2 Å². The Morgan fingerprint density at radius 1 is 1.11 bits per heavy atom. The number of aromatic amines is 1. The smallest absolute Gasteiger partial charge is 0.387 e. The molecule has 4 unspecified atom stereocenters. The summed E-state index contributed by atoms with van der Waals surface area (Å²) in [6, 6.07) is 13.8. The van der Waals surface area contributed by atoms with Crippen LogP contribution in [0.4, 0.5) is 10.3 Å². The van der Waals surface area contributed by atoms with Crippen molar-refractivity contribution in [3.05, 3.63) is 95.3 Å². The number of H-pyrrole nitrogens is 1. The molecule has 6 rings (SSSR count). The van der Waals surface area contributed by atoms with E-state index in [0.717, 1.165) is 24.3 Å². The van der Waals surface area contributed by atoms with Crippen LogP contribution in [0.15, 0.2) is 78.4 Å². The van der Waals surface area contributed by atoms with Crippen LogP contribution in [0.3, 0.4) is 0 Å². The minimum absolute atomic E-state index is 0.0582. The van der Waals surface area contributed by atoms with Crippen LogP contribution in [-0.2, 0) is 29.2 Å². The SMILES string of the molecule is Nc1nc2c(c(=O)[nH]1)[n+](Cc1ccc(-c3ccccc3)cc1F)cn2C1OC(COP(=O)(O)OP(=O)(O)n2ccnc2)[C@H](O)[C@@H]1O. The van der Waals surface area contributed by atoms with Crippen molar-refractivity contribution in [1.82, 2.24) is 23.9 Å². The normalized spacial score (nSPS) is 22.5. The third-order valence-electron chi connectivity index (χ3n) is 7.20. The van der Waals surface area contributed by atoms with Gasteiger partial charge in [0.1, 0.15) is 37.0 Å². The van der Waals surface area contributed by atoms with Gasteiger partial charge in [0, 0.05) is 18.0 Å². The molecule has 0 spiro atoms. The van der Waals surface area contributed by atoms with Gasteiger partial charge in [-0.05, 0) is 17.2 Å². The van der Waals surface area contributed by atoms with Gasteiger partial charge in [-0.15, -0.1) is 0 Å². The summed E-state index contributed by atoms with van der Waals surface area (Å²) in [5.74, 6) is -0.824. The molecule has 1 saturated heterocycles. The summed E-state index contributed by atoms with van der Waals surface area (Å²) < 4.78 is 58.1. The number of fused-ring (bicyclic) bond motifs is 1. The molecule has 20 heteroatoms. The fraction of sp³-hybridized carbons (Fsp3) is 0.231. The number of rotatable bonds is 10. The Bertz CT molecular complexity index is 2040. The zero-order chi connectivity index (χ0) is 32.8. The molecule has 46 heavy (non-hydrogen) atoms. The maximum absolute atomic E-state index is 15.3. The van der Waals surface area contributed by atoms with Crippen LogP contribution in [0.5, 0.6) is 0 Å². The first kappa shape index (κ1) is 31.9. The van der Waals surface area contributed by atoms with Crippen molar-refractivity contribution in [3.63, 3.8) is 0 Å². The number of nitrogens with zero attached hydrogens (tertiary/aromatic N) is 5. The first-order chi connectivity index (χ1) is 21.8. The van der Waals surface area contributed by atoms with Crippen LogP contribution in [-0.4, -0.2) is 68.8 Å². The summed E-state index contributed by atoms with van der Waals surface area (Å²) in [4.78, 5) is 43.1. The number of aromatic nitrogens is 6. The number of nitrogen functional groups attached to an aromatic ring is 1. The lowest BCUT2D eigenvalue weighted by Gasteiger charge is -2.19. The number of phosphoric acid groups is 1. The first-order valence-electron chi connectivity index (χ1n) is 13.5. The van der Waals surface area contributed by atoms with Gasteiger partial charge in [0.05, 0.1) is 6.61 Å². The zero-order valence-corrected chi connectivity index (χ0v) is 25.3. The van der Waals surface area contributed by atoms with Crippen LogP contribution in [0.25, 0.3) is 22.3 Å². The number of nitrogens with two attached hydrogens (primary N) is 1. The van der Waals surface area contributed by atoms with Crippen molar-refractivity contribution in [2.45, 2.75) is 31.1 Å². The molecule has 0 saturated carbocycles. The van der Waals surface area contributed by atoms with Gasteiger partial charge >= 0.3 is 21.1 Å². The molecule has 3 aromatic heterocycles. The van der Waals surface area contributed by atoms with Crippen molar-refractivity contribution in [2.24, 2.45) is 0 Å². The van der Waals surface area contributed by atoms with Crippen LogP contribution in [0.2, 0.25) is 0 Å². The average molecular weight is 678 g/mol. The third kappa shape index (κ3) is 6.30. The zero-order valence-electron chi connectivity index (χ0n) is 23.5. The molecule has 1 aliphatic rings. The van der Waals surface area contributed by atoms with Gasteiger partial charge in [0.2, 0.25) is 18.5 Å². The number of anilines is 1. The van der Waals surface area contributed by atoms with E-state index < -0.39 is 58.1 Å². The average Bonchev–Trinajstić information content (AvgIpc) is 3.73. The predicted molar refractivity (Wildman–Crippen MR) is 156 cm³/mol. The summed E-state index contributed by atoms with van der Waals surface area (Å²) in [6.45, 7) is -1.03. The van der Waals surface area contributed by atoms with Crippen LogP contribution >= 0.6 is 15.6 Å². The van der Waals surface area contributed by atoms with Gasteiger partial charge < -0.3 is 30.5 Å². The molecule has 5 aromatic rings. The molecule has 0 radical (unpaired) electrons. The number of benzene rings is 2. The van der Waals surface area contributed by atoms with E-state index in [2.05, 4.69) is 19.3 Å². The molecule has 6 atom stereocenters. The number of nitrogens with one attached hydrogen (secondary N) is 1. The fourth-order valence-electron chi connectivity index (χ4n) is 5.01. The number of hydrogen-bond acceptors (Lipinski definition) is 11. The lowest BCUT2D eigenvalue weighted by molar-refractivity contribution is -0.664. The van der Waals surface area contributed by atoms with Gasteiger partial charge in [-0.2, -0.15) is 13.9 Å². The monoisotopic (exact) mass is 678 g/mol. The number of phosphoric ester groups is 1. The predicted octanol–water partition coefficient (Wildman–Crippen LogP) is 1.05. The summed E-state index contributed by atoms with van der Waals surface area (Å²) in [6.07, 6.45) is -1.96. The first-order valence-corrected chi connectivity index (χ1v) is 16.5. The Morgan fingerprint density at radius 2 is 1.87 bits per heavy atom. The second kappa shape index (κ2) is 12.3. The molecular formula is C26H27FN7O10P2+. The largest absolute Gasteiger partial charge is 0.480 e. The maximum atomic E-state index is 15.3. The van der Waals surface area contributed by atoms with E-state index in [1.54, 1.807) is 12.1 Å². The van der Waals surface area contributed by atoms with Gasteiger partial charge in [0.25, 0.3) is 11.2 Å². The maximum Gasteiger partial charge on any atom is 0.480 e. The van der Waals surface area contributed by atoms with Crippen LogP contribution in [0, 0.1) is 5.82 Å². The lowest BCUT2D eigenvalue weighted by atomic mass is 10.0. The van der Waals surface area contributed by atoms with Gasteiger partial charge in [-0.3, -0.25) is 14.3 Å². The van der Waals surface area contributed by atoms with Crippen molar-refractivity contribution in [1.29, 1.82) is 0 Å². The summed E-state index contributed by atoms with van der Waals surface area (Å²) >= 11 is 0. The molecule has 1 fully saturated rings. The lowest BCUT2D eigenvalue weighted by Crippen LogP contribution is -2.37. The van der Waals surface area contributed by atoms with Crippen molar-refractivity contribution in [3.8, 4) is 11.1 Å². The topological polar surface area (TPSA) is 241 Å². The van der Waals surface area contributed by atoms with Crippen molar-refractivity contribution >= 4 is 32.7 Å². The number of halogens is 1. The Morgan fingerprint density at radius 3 is 2.57 bits per heavy atom. The molecule has 0 amide bonds. The minimum Gasteiger partial charge on any atom is -0.387 e. The number of hydrogen-bond donors (Lipinski definition) is 6. The molecule has 0 aliphatic carbocycles. The quantitative estimate of drug-likeness (QED) is 0.0895.